The summed E-state index contributed by atoms with van der Waals surface area (Å²) < 4.78 is 6.09. The number of pyridine rings is 1. The average Bonchev–Trinajstić information content (AvgIpc) is 2.25. The monoisotopic (exact) mass is 272 g/mol. The minimum atomic E-state index is -0.788. The van der Waals surface area contributed by atoms with Crippen LogP contribution in [0.2, 0.25) is 0 Å². The third-order valence-corrected chi connectivity index (χ3v) is 2.79. The van der Waals surface area contributed by atoms with Gasteiger partial charge in [0, 0.05) is 23.8 Å². The molecule has 4 nitrogen and oxygen atoms in total. The maximum absolute atomic E-state index is 9.55. The summed E-state index contributed by atoms with van der Waals surface area (Å²) >= 11 is 3.33. The maximum atomic E-state index is 9.55. The largest absolute Gasteiger partial charge is 0.356 e. The summed E-state index contributed by atoms with van der Waals surface area (Å²) in [4.78, 5) is 6.11. The van der Waals surface area contributed by atoms with Crippen molar-refractivity contribution in [1.82, 2.24) is 9.88 Å². The molecule has 82 valence electrons. The lowest BCUT2D eigenvalue weighted by atomic mass is 10.3. The number of aliphatic hydroxyl groups excluding tert-OH is 1. The van der Waals surface area contributed by atoms with Gasteiger partial charge in [0.1, 0.15) is 0 Å². The molecule has 0 aliphatic carbocycles. The Balaban J connectivity index is 1.98. The van der Waals surface area contributed by atoms with E-state index in [2.05, 4.69) is 20.9 Å². The molecule has 0 radical (unpaired) electrons. The normalized spacial score (nSPS) is 22.9. The van der Waals surface area contributed by atoms with Crippen LogP contribution in [0.25, 0.3) is 0 Å². The first-order valence-corrected chi connectivity index (χ1v) is 5.69. The fourth-order valence-corrected chi connectivity index (χ4v) is 1.77. The number of rotatable bonds is 2. The molecule has 1 unspecified atom stereocenters. The van der Waals surface area contributed by atoms with E-state index in [1.165, 1.54) is 0 Å². The van der Waals surface area contributed by atoms with Crippen molar-refractivity contribution in [2.24, 2.45) is 0 Å². The highest BCUT2D eigenvalue weighted by molar-refractivity contribution is 9.10. The third-order valence-electron chi connectivity index (χ3n) is 2.32. The summed E-state index contributed by atoms with van der Waals surface area (Å²) in [5.41, 5.74) is 0.933. The van der Waals surface area contributed by atoms with E-state index in [4.69, 9.17) is 4.74 Å². The van der Waals surface area contributed by atoms with Crippen molar-refractivity contribution in [3.8, 4) is 0 Å². The average molecular weight is 273 g/mol. The first-order valence-electron chi connectivity index (χ1n) is 4.90. The summed E-state index contributed by atoms with van der Waals surface area (Å²) in [7, 11) is 0. The van der Waals surface area contributed by atoms with Gasteiger partial charge in [-0.2, -0.15) is 0 Å². The maximum Gasteiger partial charge on any atom is 0.216 e. The van der Waals surface area contributed by atoms with Crippen LogP contribution >= 0.6 is 15.9 Å². The molecular weight excluding hydrogens is 260 g/mol. The number of nitrogens with zero attached hydrogens (tertiary/aromatic N) is 2. The molecule has 1 fully saturated rings. The van der Waals surface area contributed by atoms with E-state index < -0.39 is 6.41 Å². The minimum Gasteiger partial charge on any atom is -0.356 e. The van der Waals surface area contributed by atoms with Crippen LogP contribution in [0.15, 0.2) is 22.8 Å². The van der Waals surface area contributed by atoms with E-state index in [9.17, 15) is 5.11 Å². The van der Waals surface area contributed by atoms with Gasteiger partial charge < -0.3 is 9.84 Å². The Morgan fingerprint density at radius 1 is 1.60 bits per heavy atom. The van der Waals surface area contributed by atoms with Crippen LogP contribution in [0.5, 0.6) is 0 Å². The number of ether oxygens (including phenoxy) is 1. The van der Waals surface area contributed by atoms with Crippen LogP contribution in [0.1, 0.15) is 12.1 Å². The molecule has 1 aromatic rings. The zero-order valence-corrected chi connectivity index (χ0v) is 9.85. The zero-order chi connectivity index (χ0) is 10.7. The highest BCUT2D eigenvalue weighted by atomic mass is 79.9. The lowest BCUT2D eigenvalue weighted by Gasteiger charge is -2.31. The molecule has 0 saturated carbocycles. The number of hydrogen-bond acceptors (Lipinski definition) is 4. The summed E-state index contributed by atoms with van der Waals surface area (Å²) in [6, 6.07) is 3.88. The third kappa shape index (κ3) is 2.98. The molecule has 2 heterocycles. The second-order valence-corrected chi connectivity index (χ2v) is 4.40. The van der Waals surface area contributed by atoms with Gasteiger partial charge >= 0.3 is 0 Å². The highest BCUT2D eigenvalue weighted by Gasteiger charge is 2.20. The van der Waals surface area contributed by atoms with Gasteiger partial charge in [-0.3, -0.25) is 4.98 Å². The highest BCUT2D eigenvalue weighted by Crippen LogP contribution is 2.13. The summed E-state index contributed by atoms with van der Waals surface area (Å²) in [6.45, 7) is 2.10. The molecule has 0 amide bonds. The fraction of sp³-hybridized carbons (Fsp3) is 0.500. The minimum absolute atomic E-state index is 0.619. The molecule has 0 bridgehead atoms. The summed E-state index contributed by atoms with van der Waals surface area (Å²) in [6.07, 6.45) is 1.92. The van der Waals surface area contributed by atoms with Crippen molar-refractivity contribution in [1.29, 1.82) is 0 Å². The molecule has 0 spiro atoms. The predicted molar refractivity (Wildman–Crippen MR) is 58.9 cm³/mol. The predicted octanol–water partition coefficient (Wildman–Crippen LogP) is 1.34. The molecule has 1 aromatic heterocycles. The van der Waals surface area contributed by atoms with Crippen LogP contribution < -0.4 is 0 Å². The number of aliphatic hydroxyl groups is 1. The van der Waals surface area contributed by atoms with Crippen molar-refractivity contribution in [3.63, 3.8) is 0 Å². The van der Waals surface area contributed by atoms with E-state index >= 15 is 0 Å². The number of aromatic nitrogens is 1. The Labute approximate surface area is 97.0 Å². The number of hydrogen-bond donors (Lipinski definition) is 1. The van der Waals surface area contributed by atoms with E-state index in [1.54, 1.807) is 6.20 Å². The van der Waals surface area contributed by atoms with Gasteiger partial charge in [0.25, 0.3) is 0 Å². The van der Waals surface area contributed by atoms with Gasteiger partial charge in [0.15, 0.2) is 0 Å². The molecule has 1 N–H and O–H groups in total. The van der Waals surface area contributed by atoms with E-state index in [0.717, 1.165) is 23.1 Å². The quantitative estimate of drug-likeness (QED) is 0.883. The second kappa shape index (κ2) is 5.03. The molecule has 1 saturated heterocycles. The molecule has 1 aliphatic rings. The molecule has 5 heteroatoms. The number of halogens is 1. The van der Waals surface area contributed by atoms with Gasteiger partial charge in [-0.1, -0.05) is 0 Å². The van der Waals surface area contributed by atoms with E-state index in [1.807, 2.05) is 17.0 Å². The first-order chi connectivity index (χ1) is 7.25. The van der Waals surface area contributed by atoms with Gasteiger partial charge in [-0.15, -0.1) is 0 Å². The Bertz CT molecular complexity index is 318. The molecule has 2 rings (SSSR count). The van der Waals surface area contributed by atoms with Crippen LogP contribution in [0.3, 0.4) is 0 Å². The Hall–Kier alpha value is -0.490. The van der Waals surface area contributed by atoms with Gasteiger partial charge in [-0.05, 0) is 34.5 Å². The van der Waals surface area contributed by atoms with Crippen molar-refractivity contribution in [2.75, 3.05) is 13.2 Å². The lowest BCUT2D eigenvalue weighted by molar-refractivity contribution is -0.220. The van der Waals surface area contributed by atoms with E-state index in [-0.39, 0.29) is 0 Å². The topological polar surface area (TPSA) is 45.6 Å². The molecule has 15 heavy (non-hydrogen) atoms. The lowest BCUT2D eigenvalue weighted by Crippen LogP contribution is -2.42. The molecule has 1 atom stereocenters. The van der Waals surface area contributed by atoms with Crippen molar-refractivity contribution in [3.05, 3.63) is 28.5 Å². The van der Waals surface area contributed by atoms with Crippen LogP contribution in [-0.2, 0) is 11.3 Å². The van der Waals surface area contributed by atoms with Crippen molar-refractivity contribution >= 4 is 15.9 Å². The first kappa shape index (κ1) is 11.0. The van der Waals surface area contributed by atoms with Crippen LogP contribution in [-0.4, -0.2) is 34.6 Å². The van der Waals surface area contributed by atoms with Crippen LogP contribution in [0, 0.1) is 0 Å². The van der Waals surface area contributed by atoms with Crippen LogP contribution in [0.4, 0.5) is 0 Å². The van der Waals surface area contributed by atoms with E-state index in [0.29, 0.717) is 13.2 Å². The SMILES string of the molecule is OC1OCCCN1Cc1ccc(Br)cn1. The van der Waals surface area contributed by atoms with Gasteiger partial charge in [0.05, 0.1) is 12.3 Å². The fourth-order valence-electron chi connectivity index (χ4n) is 1.54. The second-order valence-electron chi connectivity index (χ2n) is 3.49. The summed E-state index contributed by atoms with van der Waals surface area (Å²) in [5.74, 6) is 0. The van der Waals surface area contributed by atoms with Crippen molar-refractivity contribution < 1.29 is 9.84 Å². The van der Waals surface area contributed by atoms with Gasteiger partial charge in [0.2, 0.25) is 6.41 Å². The standard InChI is InChI=1S/C10H13BrN2O2/c11-8-2-3-9(12-6-8)7-13-4-1-5-15-10(13)14/h2-3,6,10,14H,1,4-5,7H2. The smallest absolute Gasteiger partial charge is 0.216 e. The Morgan fingerprint density at radius 2 is 2.47 bits per heavy atom. The summed E-state index contributed by atoms with van der Waals surface area (Å²) in [5, 5.41) is 9.55. The molecule has 0 aromatic carbocycles. The van der Waals surface area contributed by atoms with Crippen molar-refractivity contribution in [2.45, 2.75) is 19.4 Å². The molecule has 1 aliphatic heterocycles. The Morgan fingerprint density at radius 3 is 3.13 bits per heavy atom. The molecular formula is C10H13BrN2O2. The van der Waals surface area contributed by atoms with Gasteiger partial charge in [-0.25, -0.2) is 4.90 Å². The zero-order valence-electron chi connectivity index (χ0n) is 8.27. The Kier molecular flexibility index (Phi) is 3.69.